The highest BCUT2D eigenvalue weighted by Gasteiger charge is 2.09. The summed E-state index contributed by atoms with van der Waals surface area (Å²) in [7, 11) is 1.99. The molecule has 1 aromatic heterocycles. The van der Waals surface area contributed by atoms with Crippen molar-refractivity contribution in [2.45, 2.75) is 0 Å². The number of aliphatic imine (C=N–C) groups is 1. The monoisotopic (exact) mass is 338 g/mol. The van der Waals surface area contributed by atoms with Crippen LogP contribution in [-0.4, -0.2) is 10.3 Å². The van der Waals surface area contributed by atoms with Crippen molar-refractivity contribution in [3.8, 4) is 0 Å². The third-order valence-corrected chi connectivity index (χ3v) is 4.27. The second-order valence-corrected chi connectivity index (χ2v) is 5.55. The van der Waals surface area contributed by atoms with Gasteiger partial charge in [-0.05, 0) is 22.0 Å². The van der Waals surface area contributed by atoms with Gasteiger partial charge in [0.15, 0.2) is 0 Å². The maximum absolute atomic E-state index is 4.87. The summed E-state index contributed by atoms with van der Waals surface area (Å²) in [5.74, 6) is 0. The minimum Gasteiger partial charge on any atom is -0.344 e. The number of rotatable bonds is 3. The van der Waals surface area contributed by atoms with Crippen molar-refractivity contribution in [2.24, 2.45) is 12.0 Å². The van der Waals surface area contributed by atoms with Gasteiger partial charge >= 0.3 is 0 Å². The third-order valence-electron chi connectivity index (χ3n) is 3.30. The zero-order chi connectivity index (χ0) is 14.7. The third kappa shape index (κ3) is 2.98. The molecule has 21 heavy (non-hydrogen) atoms. The SMILES string of the molecule is Cn1ccc(N=C(c2ccccc2)c2ccccc2)c1Br. The van der Waals surface area contributed by atoms with Crippen molar-refractivity contribution in [1.82, 2.24) is 4.57 Å². The smallest absolute Gasteiger partial charge is 0.110 e. The minimum absolute atomic E-state index is 0.931. The van der Waals surface area contributed by atoms with Crippen LogP contribution in [0.2, 0.25) is 0 Å². The van der Waals surface area contributed by atoms with Gasteiger partial charge in [-0.3, -0.25) is 0 Å². The highest BCUT2D eigenvalue weighted by Crippen LogP contribution is 2.27. The summed E-state index contributed by atoms with van der Waals surface area (Å²) >= 11 is 3.58. The summed E-state index contributed by atoms with van der Waals surface area (Å²) in [5.41, 5.74) is 4.13. The fourth-order valence-electron chi connectivity index (χ4n) is 2.19. The van der Waals surface area contributed by atoms with Gasteiger partial charge in [0.2, 0.25) is 0 Å². The quantitative estimate of drug-likeness (QED) is 0.601. The zero-order valence-electron chi connectivity index (χ0n) is 11.7. The molecular weight excluding hydrogens is 324 g/mol. The predicted octanol–water partition coefficient (Wildman–Crippen LogP) is 4.96. The van der Waals surface area contributed by atoms with E-state index in [0.29, 0.717) is 0 Å². The van der Waals surface area contributed by atoms with Crippen molar-refractivity contribution in [2.75, 3.05) is 0 Å². The number of benzene rings is 2. The van der Waals surface area contributed by atoms with E-state index < -0.39 is 0 Å². The molecule has 2 aromatic carbocycles. The minimum atomic E-state index is 0.931. The Morgan fingerprint density at radius 1 is 0.857 bits per heavy atom. The van der Waals surface area contributed by atoms with Crippen LogP contribution in [0.3, 0.4) is 0 Å². The molecule has 0 bridgehead atoms. The van der Waals surface area contributed by atoms with Gasteiger partial charge in [-0.1, -0.05) is 60.7 Å². The van der Waals surface area contributed by atoms with Gasteiger partial charge in [0.1, 0.15) is 4.60 Å². The van der Waals surface area contributed by atoms with Crippen LogP contribution in [0, 0.1) is 0 Å². The highest BCUT2D eigenvalue weighted by molar-refractivity contribution is 9.10. The molecule has 0 unspecified atom stereocenters. The first-order valence-electron chi connectivity index (χ1n) is 6.76. The van der Waals surface area contributed by atoms with Crippen LogP contribution in [0.15, 0.2) is 82.5 Å². The number of nitrogens with zero attached hydrogens (tertiary/aromatic N) is 2. The number of halogens is 1. The second-order valence-electron chi connectivity index (χ2n) is 4.80. The Bertz CT molecular complexity index is 717. The van der Waals surface area contributed by atoms with E-state index in [9.17, 15) is 0 Å². The lowest BCUT2D eigenvalue weighted by molar-refractivity contribution is 0.902. The van der Waals surface area contributed by atoms with E-state index in [1.54, 1.807) is 0 Å². The summed E-state index contributed by atoms with van der Waals surface area (Å²) in [4.78, 5) is 4.87. The second kappa shape index (κ2) is 6.10. The van der Waals surface area contributed by atoms with Crippen molar-refractivity contribution in [3.63, 3.8) is 0 Å². The molecule has 104 valence electrons. The van der Waals surface area contributed by atoms with Crippen LogP contribution < -0.4 is 0 Å². The van der Waals surface area contributed by atoms with Gasteiger partial charge in [0, 0.05) is 24.4 Å². The first-order chi connectivity index (χ1) is 10.3. The molecule has 0 aliphatic rings. The van der Waals surface area contributed by atoms with E-state index >= 15 is 0 Å². The largest absolute Gasteiger partial charge is 0.344 e. The standard InChI is InChI=1S/C18H15BrN2/c1-21-13-12-16(18(21)19)20-17(14-8-4-2-5-9-14)15-10-6-3-7-11-15/h2-13H,1H3. The van der Waals surface area contributed by atoms with Gasteiger partial charge in [0.05, 0.1) is 11.4 Å². The van der Waals surface area contributed by atoms with Crippen LogP contribution in [-0.2, 0) is 7.05 Å². The predicted molar refractivity (Wildman–Crippen MR) is 91.3 cm³/mol. The van der Waals surface area contributed by atoms with Gasteiger partial charge < -0.3 is 4.57 Å². The number of aryl methyl sites for hydroxylation is 1. The fraction of sp³-hybridized carbons (Fsp3) is 0.0556. The van der Waals surface area contributed by atoms with Gasteiger partial charge in [-0.2, -0.15) is 0 Å². The van der Waals surface area contributed by atoms with Gasteiger partial charge in [0.25, 0.3) is 0 Å². The van der Waals surface area contributed by atoms with Crippen LogP contribution in [0.25, 0.3) is 0 Å². The zero-order valence-corrected chi connectivity index (χ0v) is 13.3. The molecule has 0 radical (unpaired) electrons. The van der Waals surface area contributed by atoms with Gasteiger partial charge in [-0.15, -0.1) is 0 Å². The number of aromatic nitrogens is 1. The molecule has 0 atom stereocenters. The summed E-state index contributed by atoms with van der Waals surface area (Å²) in [6.07, 6.45) is 2.00. The Kier molecular flexibility index (Phi) is 4.02. The first-order valence-corrected chi connectivity index (χ1v) is 7.55. The van der Waals surface area contributed by atoms with Gasteiger partial charge in [-0.25, -0.2) is 4.99 Å². The molecular formula is C18H15BrN2. The fourth-order valence-corrected chi connectivity index (χ4v) is 2.53. The molecule has 1 heterocycles. The Labute approximate surface area is 132 Å². The molecule has 3 heteroatoms. The van der Waals surface area contributed by atoms with Crippen molar-refractivity contribution in [3.05, 3.63) is 88.7 Å². The number of hydrogen-bond acceptors (Lipinski definition) is 1. The van der Waals surface area contributed by atoms with Crippen molar-refractivity contribution in [1.29, 1.82) is 0 Å². The normalized spacial score (nSPS) is 10.4. The maximum atomic E-state index is 4.87. The van der Waals surface area contributed by atoms with E-state index in [2.05, 4.69) is 40.2 Å². The topological polar surface area (TPSA) is 17.3 Å². The van der Waals surface area contributed by atoms with Crippen molar-refractivity contribution < 1.29 is 0 Å². The molecule has 0 aliphatic carbocycles. The van der Waals surface area contributed by atoms with E-state index in [4.69, 9.17) is 4.99 Å². The highest BCUT2D eigenvalue weighted by atomic mass is 79.9. The average molecular weight is 339 g/mol. The molecule has 0 amide bonds. The molecule has 0 saturated heterocycles. The van der Waals surface area contributed by atoms with Crippen LogP contribution >= 0.6 is 15.9 Å². The van der Waals surface area contributed by atoms with Crippen LogP contribution in [0.4, 0.5) is 5.69 Å². The molecule has 0 aliphatic heterocycles. The van der Waals surface area contributed by atoms with E-state index in [0.717, 1.165) is 27.1 Å². The molecule has 0 spiro atoms. The number of hydrogen-bond donors (Lipinski definition) is 0. The molecule has 0 fully saturated rings. The molecule has 3 rings (SSSR count). The molecule has 0 saturated carbocycles. The summed E-state index contributed by atoms with van der Waals surface area (Å²) in [5, 5.41) is 0. The maximum Gasteiger partial charge on any atom is 0.110 e. The summed E-state index contributed by atoms with van der Waals surface area (Å²) < 4.78 is 2.98. The lowest BCUT2D eigenvalue weighted by atomic mass is 10.0. The van der Waals surface area contributed by atoms with Crippen LogP contribution in [0.1, 0.15) is 11.1 Å². The van der Waals surface area contributed by atoms with E-state index in [-0.39, 0.29) is 0 Å². The first kappa shape index (κ1) is 13.8. The lowest BCUT2D eigenvalue weighted by Gasteiger charge is -2.07. The Balaban J connectivity index is 2.15. The lowest BCUT2D eigenvalue weighted by Crippen LogP contribution is -2.02. The van der Waals surface area contributed by atoms with Crippen LogP contribution in [0.5, 0.6) is 0 Å². The summed E-state index contributed by atoms with van der Waals surface area (Å²) in [6, 6.07) is 22.5. The Morgan fingerprint density at radius 2 is 1.38 bits per heavy atom. The van der Waals surface area contributed by atoms with E-state index in [1.807, 2.05) is 60.3 Å². The molecule has 0 N–H and O–H groups in total. The van der Waals surface area contributed by atoms with Crippen molar-refractivity contribution >= 4 is 27.3 Å². The molecule has 2 nitrogen and oxygen atoms in total. The Hall–Kier alpha value is -2.13. The Morgan fingerprint density at radius 3 is 1.81 bits per heavy atom. The average Bonchev–Trinajstić information content (AvgIpc) is 2.86. The van der Waals surface area contributed by atoms with E-state index in [1.165, 1.54) is 0 Å². The summed E-state index contributed by atoms with van der Waals surface area (Å²) in [6.45, 7) is 0. The molecule has 3 aromatic rings.